The number of likely N-dealkylation sites (N-methyl/N-ethyl adjacent to an activating group) is 1. The van der Waals surface area contributed by atoms with Crippen molar-refractivity contribution in [3.8, 4) is 11.5 Å². The molecule has 0 aliphatic heterocycles. The Balaban J connectivity index is 2.89. The smallest absolute Gasteiger partial charge is 0.257 e. The standard InChI is InChI=1S/C12H18N2O3/c1-8(13)10-5-4-9(16-3)6-11(10)17-7-12(15)14-2/h4-6,8H,7,13H2,1-3H3,(H,14,15). The van der Waals surface area contributed by atoms with E-state index in [1.165, 1.54) is 0 Å². The first-order valence-electron chi connectivity index (χ1n) is 5.35. The lowest BCUT2D eigenvalue weighted by molar-refractivity contribution is -0.122. The highest BCUT2D eigenvalue weighted by atomic mass is 16.5. The predicted octanol–water partition coefficient (Wildman–Crippen LogP) is 0.840. The molecular weight excluding hydrogens is 220 g/mol. The maximum atomic E-state index is 11.1. The van der Waals surface area contributed by atoms with Crippen LogP contribution in [0.5, 0.6) is 11.5 Å². The molecule has 0 saturated heterocycles. The van der Waals surface area contributed by atoms with Crippen molar-refractivity contribution < 1.29 is 14.3 Å². The summed E-state index contributed by atoms with van der Waals surface area (Å²) >= 11 is 0. The normalized spacial score (nSPS) is 11.8. The molecule has 0 aromatic heterocycles. The van der Waals surface area contributed by atoms with Crippen molar-refractivity contribution in [3.63, 3.8) is 0 Å². The van der Waals surface area contributed by atoms with Gasteiger partial charge in [0.05, 0.1) is 7.11 Å². The molecule has 3 N–H and O–H groups in total. The number of amides is 1. The fourth-order valence-corrected chi connectivity index (χ4v) is 1.36. The van der Waals surface area contributed by atoms with Crippen molar-refractivity contribution in [2.24, 2.45) is 5.73 Å². The number of rotatable bonds is 5. The van der Waals surface area contributed by atoms with E-state index in [0.717, 1.165) is 5.56 Å². The average Bonchev–Trinajstić information content (AvgIpc) is 2.35. The number of carbonyl (C=O) groups is 1. The van der Waals surface area contributed by atoms with E-state index in [1.807, 2.05) is 19.1 Å². The van der Waals surface area contributed by atoms with Gasteiger partial charge < -0.3 is 20.5 Å². The zero-order chi connectivity index (χ0) is 12.8. The van der Waals surface area contributed by atoms with Gasteiger partial charge in [-0.3, -0.25) is 4.79 Å². The van der Waals surface area contributed by atoms with Gasteiger partial charge in [0, 0.05) is 24.7 Å². The van der Waals surface area contributed by atoms with Crippen LogP contribution in [0.25, 0.3) is 0 Å². The fourth-order valence-electron chi connectivity index (χ4n) is 1.36. The van der Waals surface area contributed by atoms with E-state index in [2.05, 4.69) is 5.32 Å². The highest BCUT2D eigenvalue weighted by molar-refractivity contribution is 5.77. The number of carbonyl (C=O) groups excluding carboxylic acids is 1. The summed E-state index contributed by atoms with van der Waals surface area (Å²) in [4.78, 5) is 11.1. The van der Waals surface area contributed by atoms with Crippen LogP contribution in [0.1, 0.15) is 18.5 Å². The molecule has 1 aromatic carbocycles. The monoisotopic (exact) mass is 238 g/mol. The molecule has 1 aromatic rings. The van der Waals surface area contributed by atoms with E-state index >= 15 is 0 Å². The molecule has 1 amide bonds. The van der Waals surface area contributed by atoms with Gasteiger partial charge in [-0.25, -0.2) is 0 Å². The molecule has 0 aliphatic carbocycles. The zero-order valence-corrected chi connectivity index (χ0v) is 10.3. The summed E-state index contributed by atoms with van der Waals surface area (Å²) in [6.07, 6.45) is 0. The second kappa shape index (κ2) is 6.10. The second-order valence-electron chi connectivity index (χ2n) is 3.65. The lowest BCUT2D eigenvalue weighted by Crippen LogP contribution is -2.25. The lowest BCUT2D eigenvalue weighted by Gasteiger charge is -2.14. The van der Waals surface area contributed by atoms with Crippen molar-refractivity contribution in [1.29, 1.82) is 0 Å². The third kappa shape index (κ3) is 3.64. The molecule has 0 fully saturated rings. The Morgan fingerprint density at radius 3 is 2.76 bits per heavy atom. The molecule has 94 valence electrons. The van der Waals surface area contributed by atoms with Crippen molar-refractivity contribution >= 4 is 5.91 Å². The van der Waals surface area contributed by atoms with Crippen LogP contribution in [0.4, 0.5) is 0 Å². The summed E-state index contributed by atoms with van der Waals surface area (Å²) < 4.78 is 10.5. The highest BCUT2D eigenvalue weighted by Crippen LogP contribution is 2.28. The predicted molar refractivity (Wildman–Crippen MR) is 65.2 cm³/mol. The van der Waals surface area contributed by atoms with E-state index < -0.39 is 0 Å². The first-order valence-corrected chi connectivity index (χ1v) is 5.35. The summed E-state index contributed by atoms with van der Waals surface area (Å²) in [6.45, 7) is 1.82. The zero-order valence-electron chi connectivity index (χ0n) is 10.3. The van der Waals surface area contributed by atoms with Gasteiger partial charge in [0.25, 0.3) is 5.91 Å². The van der Waals surface area contributed by atoms with Crippen molar-refractivity contribution in [2.75, 3.05) is 20.8 Å². The molecule has 0 heterocycles. The Morgan fingerprint density at radius 2 is 2.24 bits per heavy atom. The van der Waals surface area contributed by atoms with Crippen molar-refractivity contribution in [2.45, 2.75) is 13.0 Å². The Bertz CT molecular complexity index is 391. The molecule has 5 nitrogen and oxygen atoms in total. The Hall–Kier alpha value is -1.75. The third-order valence-electron chi connectivity index (χ3n) is 2.35. The molecule has 0 spiro atoms. The maximum Gasteiger partial charge on any atom is 0.257 e. The molecule has 0 radical (unpaired) electrons. The maximum absolute atomic E-state index is 11.1. The summed E-state index contributed by atoms with van der Waals surface area (Å²) in [6, 6.07) is 5.20. The number of hydrogen-bond acceptors (Lipinski definition) is 4. The molecule has 1 rings (SSSR count). The van der Waals surface area contributed by atoms with Gasteiger partial charge >= 0.3 is 0 Å². The van der Waals surface area contributed by atoms with E-state index in [4.69, 9.17) is 15.2 Å². The summed E-state index contributed by atoms with van der Waals surface area (Å²) in [7, 11) is 3.13. The van der Waals surface area contributed by atoms with Crippen LogP contribution in [0, 0.1) is 0 Å². The van der Waals surface area contributed by atoms with Crippen molar-refractivity contribution in [3.05, 3.63) is 23.8 Å². The van der Waals surface area contributed by atoms with Gasteiger partial charge in [-0.2, -0.15) is 0 Å². The Morgan fingerprint density at radius 1 is 1.53 bits per heavy atom. The molecule has 0 bridgehead atoms. The number of nitrogens with two attached hydrogens (primary N) is 1. The van der Waals surface area contributed by atoms with Gasteiger partial charge in [0.1, 0.15) is 11.5 Å². The first kappa shape index (κ1) is 13.3. The van der Waals surface area contributed by atoms with Crippen LogP contribution in [0.2, 0.25) is 0 Å². The highest BCUT2D eigenvalue weighted by Gasteiger charge is 2.10. The van der Waals surface area contributed by atoms with Crippen LogP contribution in [0.3, 0.4) is 0 Å². The molecule has 17 heavy (non-hydrogen) atoms. The van der Waals surface area contributed by atoms with E-state index in [9.17, 15) is 4.79 Å². The summed E-state index contributed by atoms with van der Waals surface area (Å²) in [5.41, 5.74) is 6.67. The number of ether oxygens (including phenoxy) is 2. The largest absolute Gasteiger partial charge is 0.497 e. The second-order valence-corrected chi connectivity index (χ2v) is 3.65. The Labute approximate surface area is 101 Å². The third-order valence-corrected chi connectivity index (χ3v) is 2.35. The number of hydrogen-bond donors (Lipinski definition) is 2. The lowest BCUT2D eigenvalue weighted by atomic mass is 10.1. The van der Waals surface area contributed by atoms with Gasteiger partial charge in [0.15, 0.2) is 6.61 Å². The average molecular weight is 238 g/mol. The molecule has 1 atom stereocenters. The SMILES string of the molecule is CNC(=O)COc1cc(OC)ccc1C(C)N. The van der Waals surface area contributed by atoms with Gasteiger partial charge in [0.2, 0.25) is 0 Å². The van der Waals surface area contributed by atoms with Crippen LogP contribution in [0.15, 0.2) is 18.2 Å². The number of nitrogens with one attached hydrogen (secondary N) is 1. The Kier molecular flexibility index (Phi) is 4.78. The van der Waals surface area contributed by atoms with Gasteiger partial charge in [-0.05, 0) is 13.0 Å². The molecule has 5 heteroatoms. The summed E-state index contributed by atoms with van der Waals surface area (Å²) in [5.74, 6) is 1.05. The number of methoxy groups -OCH3 is 1. The summed E-state index contributed by atoms with van der Waals surface area (Å²) in [5, 5.41) is 2.49. The molecule has 0 aliphatic rings. The van der Waals surface area contributed by atoms with Crippen molar-refractivity contribution in [1.82, 2.24) is 5.32 Å². The van der Waals surface area contributed by atoms with Crippen LogP contribution < -0.4 is 20.5 Å². The van der Waals surface area contributed by atoms with E-state index in [-0.39, 0.29) is 18.6 Å². The quantitative estimate of drug-likeness (QED) is 0.797. The van der Waals surface area contributed by atoms with E-state index in [1.54, 1.807) is 20.2 Å². The van der Waals surface area contributed by atoms with Crippen LogP contribution in [-0.4, -0.2) is 26.7 Å². The van der Waals surface area contributed by atoms with Crippen LogP contribution >= 0.6 is 0 Å². The minimum absolute atomic E-state index is 0.0383. The molecule has 1 unspecified atom stereocenters. The minimum Gasteiger partial charge on any atom is -0.497 e. The topological polar surface area (TPSA) is 73.6 Å². The number of benzene rings is 1. The van der Waals surface area contributed by atoms with E-state index in [0.29, 0.717) is 11.5 Å². The molecule has 0 saturated carbocycles. The molecular formula is C12H18N2O3. The minimum atomic E-state index is -0.191. The van der Waals surface area contributed by atoms with Gasteiger partial charge in [-0.1, -0.05) is 6.07 Å². The van der Waals surface area contributed by atoms with Crippen LogP contribution in [-0.2, 0) is 4.79 Å². The first-order chi connectivity index (χ1) is 8.08. The fraction of sp³-hybridized carbons (Fsp3) is 0.417. The van der Waals surface area contributed by atoms with Gasteiger partial charge in [-0.15, -0.1) is 0 Å².